The first-order valence-corrected chi connectivity index (χ1v) is 14.5. The van der Waals surface area contributed by atoms with Gasteiger partial charge in [-0.3, -0.25) is 14.5 Å². The number of fused-ring (bicyclic) bond motifs is 2. The van der Waals surface area contributed by atoms with Gasteiger partial charge in [0, 0.05) is 0 Å². The molecule has 2 amide bonds. The summed E-state index contributed by atoms with van der Waals surface area (Å²) in [7, 11) is 0. The molecule has 1 fully saturated rings. The lowest BCUT2D eigenvalue weighted by Crippen LogP contribution is -2.27. The van der Waals surface area contributed by atoms with Crippen LogP contribution < -0.4 is 9.47 Å². The maximum Gasteiger partial charge on any atom is 0.293 e. The van der Waals surface area contributed by atoms with Gasteiger partial charge < -0.3 is 9.47 Å². The number of amides is 2. The van der Waals surface area contributed by atoms with E-state index in [1.807, 2.05) is 73.7 Å². The third-order valence-corrected chi connectivity index (χ3v) is 8.15. The van der Waals surface area contributed by atoms with Gasteiger partial charge in [-0.2, -0.15) is 0 Å². The second kappa shape index (κ2) is 11.7. The molecule has 7 heteroatoms. The first-order valence-electron chi connectivity index (χ1n) is 13.3. The first-order chi connectivity index (χ1) is 20.0. The van der Waals surface area contributed by atoms with Crippen LogP contribution in [0.2, 0.25) is 5.02 Å². The zero-order chi connectivity index (χ0) is 28.3. The normalized spacial score (nSPS) is 14.4. The van der Waals surface area contributed by atoms with Crippen LogP contribution in [0.3, 0.4) is 0 Å². The van der Waals surface area contributed by atoms with Gasteiger partial charge in [-0.25, -0.2) is 0 Å². The second-order valence-electron chi connectivity index (χ2n) is 9.60. The number of benzene rings is 5. The molecule has 1 aliphatic heterocycles. The Morgan fingerprint density at radius 2 is 1.44 bits per heavy atom. The largest absolute Gasteiger partial charge is 0.490 e. The lowest BCUT2D eigenvalue weighted by Gasteiger charge is -2.16. The van der Waals surface area contributed by atoms with E-state index < -0.39 is 0 Å². The topological polar surface area (TPSA) is 55.8 Å². The quantitative estimate of drug-likeness (QED) is 0.172. The SMILES string of the molecule is CCOc1cc(/C=C2\SC(=O)N(Cc3cccc4ccccc34)C2=O)cc(Cl)c1OCc1cccc2ccccc12. The van der Waals surface area contributed by atoms with Crippen LogP contribution in [0.15, 0.2) is 102 Å². The van der Waals surface area contributed by atoms with Crippen LogP contribution in [-0.2, 0) is 17.9 Å². The van der Waals surface area contributed by atoms with Gasteiger partial charge in [0.1, 0.15) is 6.61 Å². The Morgan fingerprint density at radius 1 is 0.805 bits per heavy atom. The van der Waals surface area contributed by atoms with Crippen molar-refractivity contribution in [3.8, 4) is 11.5 Å². The molecule has 1 saturated heterocycles. The lowest BCUT2D eigenvalue weighted by atomic mass is 10.0. The van der Waals surface area contributed by atoms with Crippen LogP contribution in [0.4, 0.5) is 4.79 Å². The minimum atomic E-state index is -0.335. The van der Waals surface area contributed by atoms with Crippen molar-refractivity contribution >= 4 is 62.1 Å². The highest BCUT2D eigenvalue weighted by Gasteiger charge is 2.35. The number of imide groups is 1. The summed E-state index contributed by atoms with van der Waals surface area (Å²) in [6, 6.07) is 31.6. The van der Waals surface area contributed by atoms with Gasteiger partial charge in [0.2, 0.25) is 0 Å². The van der Waals surface area contributed by atoms with Crippen molar-refractivity contribution < 1.29 is 19.1 Å². The smallest absolute Gasteiger partial charge is 0.293 e. The van der Waals surface area contributed by atoms with Crippen molar-refractivity contribution in [3.63, 3.8) is 0 Å². The van der Waals surface area contributed by atoms with E-state index in [0.717, 1.165) is 44.4 Å². The molecule has 204 valence electrons. The summed E-state index contributed by atoms with van der Waals surface area (Å²) in [6.45, 7) is 2.81. The van der Waals surface area contributed by atoms with Gasteiger partial charge in [-0.15, -0.1) is 0 Å². The minimum absolute atomic E-state index is 0.204. The zero-order valence-corrected chi connectivity index (χ0v) is 23.9. The van der Waals surface area contributed by atoms with E-state index in [9.17, 15) is 9.59 Å². The Labute approximate surface area is 247 Å². The summed E-state index contributed by atoms with van der Waals surface area (Å²) in [6.07, 6.45) is 1.68. The lowest BCUT2D eigenvalue weighted by molar-refractivity contribution is -0.123. The van der Waals surface area contributed by atoms with Crippen molar-refractivity contribution in [1.29, 1.82) is 0 Å². The minimum Gasteiger partial charge on any atom is -0.490 e. The van der Waals surface area contributed by atoms with Crippen LogP contribution in [-0.4, -0.2) is 22.7 Å². The summed E-state index contributed by atoms with van der Waals surface area (Å²) in [5.74, 6) is 0.572. The molecule has 1 heterocycles. The molecule has 0 saturated carbocycles. The molecule has 0 aliphatic carbocycles. The fourth-order valence-electron chi connectivity index (χ4n) is 5.03. The maximum absolute atomic E-state index is 13.3. The van der Waals surface area contributed by atoms with E-state index in [1.165, 1.54) is 4.90 Å². The standard InChI is InChI=1S/C34H26ClNO4S/c1-2-39-30-18-22(17-29(35)32(30)40-21-26-14-8-12-24-10-4-6-16-28(24)26)19-31-33(37)36(34(38)41-31)20-25-13-7-11-23-9-3-5-15-27(23)25/h3-19H,2,20-21H2,1H3/b31-19-. The van der Waals surface area contributed by atoms with Crippen LogP contribution in [0.25, 0.3) is 27.6 Å². The molecule has 0 bridgehead atoms. The van der Waals surface area contributed by atoms with E-state index in [-0.39, 0.29) is 17.7 Å². The van der Waals surface area contributed by atoms with E-state index in [4.69, 9.17) is 21.1 Å². The van der Waals surface area contributed by atoms with Gasteiger partial charge in [0.05, 0.1) is 23.1 Å². The van der Waals surface area contributed by atoms with Gasteiger partial charge in [-0.1, -0.05) is 96.5 Å². The molecule has 41 heavy (non-hydrogen) atoms. The Hall–Kier alpha value is -4.26. The third-order valence-electron chi connectivity index (χ3n) is 6.96. The number of carbonyl (C=O) groups is 2. The summed E-state index contributed by atoms with van der Waals surface area (Å²) >= 11 is 7.62. The Bertz CT molecular complexity index is 1820. The highest BCUT2D eigenvalue weighted by Crippen LogP contribution is 2.40. The number of nitrogens with zero attached hydrogens (tertiary/aromatic N) is 1. The summed E-state index contributed by atoms with van der Waals surface area (Å²) < 4.78 is 12.1. The van der Waals surface area contributed by atoms with Crippen molar-refractivity contribution in [2.45, 2.75) is 20.1 Å². The summed E-state index contributed by atoms with van der Waals surface area (Å²) in [5.41, 5.74) is 2.60. The third kappa shape index (κ3) is 5.53. The Morgan fingerprint density at radius 3 is 2.15 bits per heavy atom. The van der Waals surface area contributed by atoms with Gasteiger partial charge in [-0.05, 0) is 75.1 Å². The van der Waals surface area contributed by atoms with Crippen LogP contribution in [0.1, 0.15) is 23.6 Å². The molecular formula is C34H26ClNO4S. The second-order valence-corrected chi connectivity index (χ2v) is 11.0. The number of carbonyl (C=O) groups excluding carboxylic acids is 2. The van der Waals surface area contributed by atoms with Gasteiger partial charge in [0.25, 0.3) is 11.1 Å². The van der Waals surface area contributed by atoms with Gasteiger partial charge in [0.15, 0.2) is 11.5 Å². The number of halogens is 1. The number of hydrogen-bond donors (Lipinski definition) is 0. The molecule has 0 spiro atoms. The number of rotatable bonds is 8. The maximum atomic E-state index is 13.3. The van der Waals surface area contributed by atoms with Crippen LogP contribution in [0.5, 0.6) is 11.5 Å². The molecule has 1 aliphatic rings. The number of ether oxygens (including phenoxy) is 2. The zero-order valence-electron chi connectivity index (χ0n) is 22.3. The van der Waals surface area contributed by atoms with E-state index in [2.05, 4.69) is 18.2 Å². The average Bonchev–Trinajstić information content (AvgIpc) is 3.24. The van der Waals surface area contributed by atoms with Crippen molar-refractivity contribution in [1.82, 2.24) is 4.90 Å². The fraction of sp³-hybridized carbons (Fsp3) is 0.118. The predicted molar refractivity (Wildman–Crippen MR) is 166 cm³/mol. The Kier molecular flexibility index (Phi) is 7.68. The number of thioether (sulfide) groups is 1. The molecule has 0 atom stereocenters. The van der Waals surface area contributed by atoms with Crippen LogP contribution in [0, 0.1) is 0 Å². The van der Waals surface area contributed by atoms with Gasteiger partial charge >= 0.3 is 0 Å². The molecular weight excluding hydrogens is 554 g/mol. The molecule has 0 aromatic heterocycles. The highest BCUT2D eigenvalue weighted by atomic mass is 35.5. The monoisotopic (exact) mass is 579 g/mol. The highest BCUT2D eigenvalue weighted by molar-refractivity contribution is 8.18. The van der Waals surface area contributed by atoms with Crippen molar-refractivity contribution in [2.24, 2.45) is 0 Å². The van der Waals surface area contributed by atoms with Crippen LogP contribution >= 0.6 is 23.4 Å². The van der Waals surface area contributed by atoms with E-state index >= 15 is 0 Å². The molecule has 0 N–H and O–H groups in total. The summed E-state index contributed by atoms with van der Waals surface area (Å²) in [5, 5.41) is 4.38. The fourth-order valence-corrected chi connectivity index (χ4v) is 6.14. The first kappa shape index (κ1) is 26.9. The van der Waals surface area contributed by atoms with Crippen molar-refractivity contribution in [2.75, 3.05) is 6.61 Å². The molecule has 0 radical (unpaired) electrons. The van der Waals surface area contributed by atoms with E-state index in [0.29, 0.717) is 40.2 Å². The average molecular weight is 580 g/mol. The van der Waals surface area contributed by atoms with E-state index in [1.54, 1.807) is 18.2 Å². The van der Waals surface area contributed by atoms with Crippen molar-refractivity contribution in [3.05, 3.63) is 124 Å². The molecule has 6 rings (SSSR count). The molecule has 5 aromatic carbocycles. The molecule has 0 unspecified atom stereocenters. The summed E-state index contributed by atoms with van der Waals surface area (Å²) in [4.78, 5) is 27.8. The Balaban J connectivity index is 1.25. The molecule has 5 nitrogen and oxygen atoms in total. The molecule has 5 aromatic rings. The number of hydrogen-bond acceptors (Lipinski definition) is 5. The predicted octanol–water partition coefficient (Wildman–Crippen LogP) is 8.86.